The number of hydrogen-bond donors (Lipinski definition) is 0. The maximum Gasteiger partial charge on any atom is 0.252 e. The molecule has 0 aliphatic carbocycles. The number of aromatic nitrogens is 1. The highest BCUT2D eigenvalue weighted by Crippen LogP contribution is 2.52. The van der Waals surface area contributed by atoms with Crippen molar-refractivity contribution >= 4 is 198 Å². The van der Waals surface area contributed by atoms with Crippen LogP contribution in [0.15, 0.2) is 308 Å². The Morgan fingerprint density at radius 2 is 0.641 bits per heavy atom. The molecule has 5 heteroatoms. The summed E-state index contributed by atoms with van der Waals surface area (Å²) >= 11 is 0. The zero-order valence-electron chi connectivity index (χ0n) is 58.2. The van der Waals surface area contributed by atoms with Crippen LogP contribution in [-0.2, 0) is 10.8 Å². The summed E-state index contributed by atoms with van der Waals surface area (Å²) in [4.78, 5) is 5.30. The van der Waals surface area contributed by atoms with Gasteiger partial charge < -0.3 is 18.8 Å². The zero-order chi connectivity index (χ0) is 68.5. The molecule has 2 aliphatic heterocycles. The van der Waals surface area contributed by atoms with E-state index in [0.717, 1.165) is 72.9 Å². The predicted molar refractivity (Wildman–Crippen MR) is 442 cm³/mol. The molecule has 0 spiro atoms. The minimum absolute atomic E-state index is 0.0524. The minimum atomic E-state index is -0.237. The van der Waals surface area contributed by atoms with E-state index in [9.17, 15) is 0 Å². The van der Waals surface area contributed by atoms with Crippen molar-refractivity contribution in [1.82, 2.24) is 4.57 Å². The normalized spacial score (nSPS) is 13.3. The van der Waals surface area contributed by atoms with Crippen LogP contribution < -0.4 is 26.2 Å². The summed E-state index contributed by atoms with van der Waals surface area (Å²) in [7, 11) is 0. The number of para-hydroxylation sites is 2. The van der Waals surface area contributed by atoms with Crippen LogP contribution in [0.25, 0.3) is 158 Å². The first-order valence-electron chi connectivity index (χ1n) is 36.3. The molecule has 0 radical (unpaired) electrons. The van der Waals surface area contributed by atoms with Gasteiger partial charge in [0.05, 0.1) is 11.0 Å². The smallest absolute Gasteiger partial charge is 0.252 e. The molecule has 4 nitrogen and oxygen atoms in total. The Morgan fingerprint density at radius 3 is 1.10 bits per heavy atom. The van der Waals surface area contributed by atoms with Crippen molar-refractivity contribution in [3.8, 4) is 16.8 Å². The third-order valence-corrected chi connectivity index (χ3v) is 23.4. The number of benzene rings is 18. The molecule has 0 unspecified atom stereocenters. The lowest BCUT2D eigenvalue weighted by atomic mass is 9.33. The molecular weight excluding hydrogens is 1250 g/mol. The SMILES string of the molecule is CC(C)(C)c1ccc2c(c1)c1cc(C(C)(C)C)ccc1n2-c1ccc2c(c1)N(c1ccc3c4ccccc4c4ccccc4c3c1)c1cc(-c3cccc4c3oc3ccccc34)cc3c1B2c1cc2c4ccccc4c4ccccc4c2cc1N3c1ccc2c3ccccc3c3ccccc3c2c1. The Morgan fingerprint density at radius 1 is 0.262 bits per heavy atom. The first-order valence-corrected chi connectivity index (χ1v) is 36.3. The van der Waals surface area contributed by atoms with Gasteiger partial charge in [0.1, 0.15) is 11.2 Å². The number of rotatable bonds is 4. The molecular formula is C98H68BN3O. The average Bonchev–Trinajstić information content (AvgIpc) is 1.21. The number of nitrogens with zero attached hydrogens (tertiary/aromatic N) is 3. The quantitative estimate of drug-likeness (QED) is 0.130. The predicted octanol–water partition coefficient (Wildman–Crippen LogP) is 25.4. The topological polar surface area (TPSA) is 24.6 Å². The summed E-state index contributed by atoms with van der Waals surface area (Å²) in [6.07, 6.45) is 0. The lowest BCUT2D eigenvalue weighted by Crippen LogP contribution is -2.61. The summed E-state index contributed by atoms with van der Waals surface area (Å²) < 4.78 is 9.70. The van der Waals surface area contributed by atoms with Crippen LogP contribution in [0.5, 0.6) is 0 Å². The number of anilines is 6. The van der Waals surface area contributed by atoms with Crippen LogP contribution in [0.1, 0.15) is 52.7 Å². The summed E-state index contributed by atoms with van der Waals surface area (Å²) in [6.45, 7) is 13.7. The second-order valence-electron chi connectivity index (χ2n) is 31.0. The highest BCUT2D eigenvalue weighted by atomic mass is 16.3. The molecule has 0 saturated carbocycles. The number of fused-ring (bicyclic) bond motifs is 28. The first-order chi connectivity index (χ1) is 50.4. The molecule has 2 aromatic heterocycles. The van der Waals surface area contributed by atoms with E-state index in [1.807, 2.05) is 0 Å². The van der Waals surface area contributed by atoms with Crippen molar-refractivity contribution in [2.24, 2.45) is 0 Å². The van der Waals surface area contributed by atoms with E-state index < -0.39 is 0 Å². The summed E-state index contributed by atoms with van der Waals surface area (Å²) in [5, 5.41) is 27.0. The molecule has 2 aliphatic rings. The molecule has 0 atom stereocenters. The monoisotopic (exact) mass is 1310 g/mol. The number of hydrogen-bond acceptors (Lipinski definition) is 3. The van der Waals surface area contributed by atoms with Gasteiger partial charge in [0, 0.05) is 66.9 Å². The maximum atomic E-state index is 7.15. The Hall–Kier alpha value is -12.4. The fourth-order valence-electron chi connectivity index (χ4n) is 18.5. The molecule has 0 N–H and O–H groups in total. The zero-order valence-corrected chi connectivity index (χ0v) is 58.2. The van der Waals surface area contributed by atoms with Gasteiger partial charge in [-0.25, -0.2) is 0 Å². The second kappa shape index (κ2) is 21.1. The molecule has 103 heavy (non-hydrogen) atoms. The molecule has 0 bridgehead atoms. The van der Waals surface area contributed by atoms with E-state index in [1.165, 1.54) is 146 Å². The van der Waals surface area contributed by atoms with Crippen LogP contribution in [0.2, 0.25) is 0 Å². The number of furan rings is 1. The molecule has 20 aromatic rings. The molecule has 0 saturated heterocycles. The van der Waals surface area contributed by atoms with Gasteiger partial charge in [0.15, 0.2) is 0 Å². The van der Waals surface area contributed by atoms with Crippen molar-refractivity contribution in [2.45, 2.75) is 52.4 Å². The van der Waals surface area contributed by atoms with Gasteiger partial charge in [-0.2, -0.15) is 0 Å². The highest BCUT2D eigenvalue weighted by molar-refractivity contribution is 7.00. The van der Waals surface area contributed by atoms with Crippen LogP contribution in [-0.4, -0.2) is 11.3 Å². The molecule has 4 heterocycles. The van der Waals surface area contributed by atoms with E-state index in [-0.39, 0.29) is 17.5 Å². The van der Waals surface area contributed by atoms with Crippen molar-refractivity contribution in [2.75, 3.05) is 9.80 Å². The Kier molecular flexibility index (Phi) is 11.9. The van der Waals surface area contributed by atoms with Gasteiger partial charge in [-0.3, -0.25) is 0 Å². The summed E-state index contributed by atoms with van der Waals surface area (Å²) in [5.41, 5.74) is 20.3. The Bertz CT molecular complexity index is 7040. The van der Waals surface area contributed by atoms with E-state index in [2.05, 4.69) is 359 Å². The largest absolute Gasteiger partial charge is 0.455 e. The van der Waals surface area contributed by atoms with Gasteiger partial charge in [0.2, 0.25) is 0 Å². The maximum absolute atomic E-state index is 7.15. The van der Waals surface area contributed by atoms with E-state index in [0.29, 0.717) is 0 Å². The summed E-state index contributed by atoms with van der Waals surface area (Å²) in [5.74, 6) is 0. The van der Waals surface area contributed by atoms with Crippen molar-refractivity contribution < 1.29 is 4.42 Å². The molecule has 22 rings (SSSR count). The van der Waals surface area contributed by atoms with E-state index in [1.54, 1.807) is 0 Å². The van der Waals surface area contributed by atoms with Gasteiger partial charge in [-0.1, -0.05) is 260 Å². The van der Waals surface area contributed by atoms with Crippen molar-refractivity contribution in [1.29, 1.82) is 0 Å². The van der Waals surface area contributed by atoms with Crippen LogP contribution in [0, 0.1) is 0 Å². The third-order valence-electron chi connectivity index (χ3n) is 23.4. The van der Waals surface area contributed by atoms with Gasteiger partial charge in [-0.15, -0.1) is 0 Å². The van der Waals surface area contributed by atoms with Crippen LogP contribution in [0.4, 0.5) is 34.1 Å². The minimum Gasteiger partial charge on any atom is -0.455 e. The molecule has 0 amide bonds. The fourth-order valence-corrected chi connectivity index (χ4v) is 18.5. The van der Waals surface area contributed by atoms with Gasteiger partial charge in [-0.05, 0) is 226 Å². The molecule has 484 valence electrons. The second-order valence-corrected chi connectivity index (χ2v) is 31.0. The highest BCUT2D eigenvalue weighted by Gasteiger charge is 2.45. The lowest BCUT2D eigenvalue weighted by molar-refractivity contribution is 0.590. The molecule has 18 aromatic carbocycles. The van der Waals surface area contributed by atoms with Gasteiger partial charge in [0.25, 0.3) is 6.71 Å². The van der Waals surface area contributed by atoms with Crippen LogP contribution in [0.3, 0.4) is 0 Å². The van der Waals surface area contributed by atoms with Crippen LogP contribution >= 0.6 is 0 Å². The Balaban J connectivity index is 0.910. The average molecular weight is 1310 g/mol. The van der Waals surface area contributed by atoms with Crippen molar-refractivity contribution in [3.63, 3.8) is 0 Å². The van der Waals surface area contributed by atoms with E-state index >= 15 is 0 Å². The Labute approximate surface area is 596 Å². The van der Waals surface area contributed by atoms with Crippen molar-refractivity contribution in [3.05, 3.63) is 314 Å². The third kappa shape index (κ3) is 8.30. The fraction of sp³-hybridized carbons (Fsp3) is 0.0816. The molecule has 0 fully saturated rings. The van der Waals surface area contributed by atoms with E-state index in [4.69, 9.17) is 4.42 Å². The first kappa shape index (κ1) is 58.4. The summed E-state index contributed by atoms with van der Waals surface area (Å²) in [6, 6.07) is 116. The lowest BCUT2D eigenvalue weighted by Gasteiger charge is -2.45. The standard InChI is InChI=1S/C98H68BN3O/c1-97(2,3)58-38-46-88-84(50-58)85-51-59(98(4,5)6)39-47-89(85)100(88)62-42-45-86-90(54-62)101(60-40-43-76-70-28-9-7-22-64(70)66-24-11-15-30-72(66)80(76)52-60)92-48-57(63-35-21-36-79-78-34-19-20-37-94(78)103-96(63)79)49-93-95(92)99(86)87-55-82-74-32-17-13-26-68(74)69-27-14-18-33-75(69)83(82)56-91(87)102(93)61-41-44-77-71-29-10-8-23-65(71)67-25-12-16-31-73(67)81(77)53-61/h7-56H,1-6H3. The van der Waals surface area contributed by atoms with Gasteiger partial charge >= 0.3 is 0 Å².